The maximum Gasteiger partial charge on any atom is 0.238 e. The lowest BCUT2D eigenvalue weighted by molar-refractivity contribution is -0.117. The summed E-state index contributed by atoms with van der Waals surface area (Å²) in [6.45, 7) is 5.18. The van der Waals surface area contributed by atoms with Crippen LogP contribution < -0.4 is 11.1 Å². The highest BCUT2D eigenvalue weighted by Crippen LogP contribution is 2.28. The molecular weight excluding hydrogens is 226 g/mol. The van der Waals surface area contributed by atoms with Crippen LogP contribution in [0.25, 0.3) is 0 Å². The maximum atomic E-state index is 11.9. The molecule has 1 aromatic carbocycles. The fourth-order valence-corrected chi connectivity index (χ4v) is 2.35. The third-order valence-electron chi connectivity index (χ3n) is 3.55. The van der Waals surface area contributed by atoms with Gasteiger partial charge in [-0.2, -0.15) is 0 Å². The summed E-state index contributed by atoms with van der Waals surface area (Å²) in [5.74, 6) is 0.0440. The molecule has 1 fully saturated rings. The molecule has 1 amide bonds. The number of hydrogen-bond donors (Lipinski definition) is 2. The molecule has 4 heteroatoms. The number of rotatable bonds is 4. The van der Waals surface area contributed by atoms with E-state index in [0.29, 0.717) is 13.1 Å². The Morgan fingerprint density at radius 1 is 1.44 bits per heavy atom. The van der Waals surface area contributed by atoms with Crippen LogP contribution in [0.3, 0.4) is 0 Å². The van der Waals surface area contributed by atoms with Crippen molar-refractivity contribution in [3.63, 3.8) is 0 Å². The van der Waals surface area contributed by atoms with E-state index in [4.69, 9.17) is 5.73 Å². The third kappa shape index (κ3) is 3.31. The van der Waals surface area contributed by atoms with Gasteiger partial charge in [-0.25, -0.2) is 0 Å². The Balaban J connectivity index is 1.82. The van der Waals surface area contributed by atoms with Crippen molar-refractivity contribution >= 4 is 11.6 Å². The summed E-state index contributed by atoms with van der Waals surface area (Å²) in [6, 6.07) is 9.55. The molecule has 0 spiro atoms. The largest absolute Gasteiger partial charge is 0.330 e. The van der Waals surface area contributed by atoms with Crippen molar-refractivity contribution in [2.75, 3.05) is 31.5 Å². The van der Waals surface area contributed by atoms with E-state index in [1.807, 2.05) is 30.3 Å². The Morgan fingerprint density at radius 2 is 2.17 bits per heavy atom. The van der Waals surface area contributed by atoms with Crippen molar-refractivity contribution in [1.29, 1.82) is 0 Å². The number of amides is 1. The van der Waals surface area contributed by atoms with E-state index in [0.717, 1.165) is 25.2 Å². The van der Waals surface area contributed by atoms with E-state index in [1.54, 1.807) is 0 Å². The lowest BCUT2D eigenvalue weighted by atomic mass is 9.90. The zero-order valence-corrected chi connectivity index (χ0v) is 10.9. The van der Waals surface area contributed by atoms with Crippen molar-refractivity contribution in [3.8, 4) is 0 Å². The number of carbonyl (C=O) groups excluding carboxylic acids is 1. The minimum atomic E-state index is 0.0440. The average Bonchev–Trinajstić information content (AvgIpc) is 2.73. The lowest BCUT2D eigenvalue weighted by Gasteiger charge is -2.22. The molecule has 1 aliphatic rings. The predicted molar refractivity (Wildman–Crippen MR) is 73.3 cm³/mol. The molecule has 0 radical (unpaired) electrons. The molecule has 2 rings (SSSR count). The Hall–Kier alpha value is -1.39. The average molecular weight is 247 g/mol. The molecule has 18 heavy (non-hydrogen) atoms. The van der Waals surface area contributed by atoms with Crippen LogP contribution in [0.1, 0.15) is 13.3 Å². The number of nitrogens with zero attached hydrogens (tertiary/aromatic N) is 1. The van der Waals surface area contributed by atoms with E-state index in [9.17, 15) is 4.79 Å². The fraction of sp³-hybridized carbons (Fsp3) is 0.500. The van der Waals surface area contributed by atoms with Gasteiger partial charge in [0.25, 0.3) is 0 Å². The summed E-state index contributed by atoms with van der Waals surface area (Å²) >= 11 is 0. The number of anilines is 1. The van der Waals surface area contributed by atoms with Crippen LogP contribution in [0.5, 0.6) is 0 Å². The molecule has 1 saturated heterocycles. The fourth-order valence-electron chi connectivity index (χ4n) is 2.35. The lowest BCUT2D eigenvalue weighted by Crippen LogP contribution is -2.35. The van der Waals surface area contributed by atoms with Gasteiger partial charge in [-0.3, -0.25) is 9.69 Å². The summed E-state index contributed by atoms with van der Waals surface area (Å²) in [5.41, 5.74) is 6.78. The quantitative estimate of drug-likeness (QED) is 0.843. The van der Waals surface area contributed by atoms with Gasteiger partial charge in [0.2, 0.25) is 5.91 Å². The Kier molecular flexibility index (Phi) is 3.99. The Labute approximate surface area is 108 Å². The number of para-hydroxylation sites is 1. The van der Waals surface area contributed by atoms with Gasteiger partial charge in [0.05, 0.1) is 6.54 Å². The number of nitrogens with one attached hydrogen (secondary N) is 1. The second-order valence-corrected chi connectivity index (χ2v) is 5.39. The molecule has 0 bridgehead atoms. The monoisotopic (exact) mass is 247 g/mol. The van der Waals surface area contributed by atoms with Gasteiger partial charge in [-0.1, -0.05) is 25.1 Å². The number of hydrogen-bond acceptors (Lipinski definition) is 3. The van der Waals surface area contributed by atoms with E-state index in [1.165, 1.54) is 0 Å². The van der Waals surface area contributed by atoms with E-state index < -0.39 is 0 Å². The van der Waals surface area contributed by atoms with Gasteiger partial charge in [-0.15, -0.1) is 0 Å². The Morgan fingerprint density at radius 3 is 2.78 bits per heavy atom. The van der Waals surface area contributed by atoms with Crippen LogP contribution in [0.2, 0.25) is 0 Å². The summed E-state index contributed by atoms with van der Waals surface area (Å²) in [7, 11) is 0. The maximum absolute atomic E-state index is 11.9. The predicted octanol–water partition coefficient (Wildman–Crippen LogP) is 1.30. The van der Waals surface area contributed by atoms with Gasteiger partial charge in [-0.05, 0) is 37.1 Å². The highest BCUT2D eigenvalue weighted by molar-refractivity contribution is 5.92. The van der Waals surface area contributed by atoms with Crippen molar-refractivity contribution in [3.05, 3.63) is 30.3 Å². The van der Waals surface area contributed by atoms with E-state index in [-0.39, 0.29) is 11.3 Å². The van der Waals surface area contributed by atoms with Crippen LogP contribution >= 0.6 is 0 Å². The molecule has 3 N–H and O–H groups in total. The van der Waals surface area contributed by atoms with Crippen molar-refractivity contribution in [1.82, 2.24) is 4.90 Å². The standard InChI is InChI=1S/C14H21N3O/c1-14(10-15)7-8-17(11-14)9-13(18)16-12-5-3-2-4-6-12/h2-6H,7-11,15H2,1H3,(H,16,18). The minimum absolute atomic E-state index is 0.0440. The topological polar surface area (TPSA) is 58.4 Å². The van der Waals surface area contributed by atoms with Gasteiger partial charge < -0.3 is 11.1 Å². The molecule has 0 aromatic heterocycles. The third-order valence-corrected chi connectivity index (χ3v) is 3.55. The highest BCUT2D eigenvalue weighted by Gasteiger charge is 2.32. The van der Waals surface area contributed by atoms with Crippen molar-refractivity contribution in [2.45, 2.75) is 13.3 Å². The molecule has 0 saturated carbocycles. The number of carbonyl (C=O) groups is 1. The molecular formula is C14H21N3O. The summed E-state index contributed by atoms with van der Waals surface area (Å²) in [4.78, 5) is 14.1. The molecule has 4 nitrogen and oxygen atoms in total. The van der Waals surface area contributed by atoms with Crippen LogP contribution in [0.4, 0.5) is 5.69 Å². The number of likely N-dealkylation sites (tertiary alicyclic amines) is 1. The molecule has 1 unspecified atom stereocenters. The SMILES string of the molecule is CC1(CN)CCN(CC(=O)Nc2ccccc2)C1. The minimum Gasteiger partial charge on any atom is -0.330 e. The zero-order valence-electron chi connectivity index (χ0n) is 10.9. The van der Waals surface area contributed by atoms with Crippen LogP contribution in [-0.4, -0.2) is 37.0 Å². The van der Waals surface area contributed by atoms with E-state index in [2.05, 4.69) is 17.1 Å². The normalized spacial score (nSPS) is 24.1. The van der Waals surface area contributed by atoms with Crippen LogP contribution in [0, 0.1) is 5.41 Å². The molecule has 1 atom stereocenters. The second kappa shape index (κ2) is 5.50. The zero-order chi connectivity index (χ0) is 13.0. The smallest absolute Gasteiger partial charge is 0.238 e. The summed E-state index contributed by atoms with van der Waals surface area (Å²) < 4.78 is 0. The summed E-state index contributed by atoms with van der Waals surface area (Å²) in [6.07, 6.45) is 1.07. The Bertz CT molecular complexity index is 407. The van der Waals surface area contributed by atoms with E-state index >= 15 is 0 Å². The first-order valence-electron chi connectivity index (χ1n) is 6.39. The first kappa shape index (κ1) is 13.1. The second-order valence-electron chi connectivity index (χ2n) is 5.39. The first-order chi connectivity index (χ1) is 8.61. The van der Waals surface area contributed by atoms with Gasteiger partial charge >= 0.3 is 0 Å². The highest BCUT2D eigenvalue weighted by atomic mass is 16.2. The van der Waals surface area contributed by atoms with Crippen molar-refractivity contribution in [2.24, 2.45) is 11.1 Å². The van der Waals surface area contributed by atoms with Gasteiger partial charge in [0, 0.05) is 12.2 Å². The first-order valence-corrected chi connectivity index (χ1v) is 6.39. The number of nitrogens with two attached hydrogens (primary N) is 1. The number of benzene rings is 1. The molecule has 0 aliphatic carbocycles. The van der Waals surface area contributed by atoms with Gasteiger partial charge in [0.1, 0.15) is 0 Å². The van der Waals surface area contributed by atoms with Crippen molar-refractivity contribution < 1.29 is 4.79 Å². The van der Waals surface area contributed by atoms with Gasteiger partial charge in [0.15, 0.2) is 0 Å². The molecule has 1 heterocycles. The molecule has 98 valence electrons. The van der Waals surface area contributed by atoms with Crippen LogP contribution in [-0.2, 0) is 4.79 Å². The summed E-state index contributed by atoms with van der Waals surface area (Å²) in [5, 5.41) is 2.90. The van der Waals surface area contributed by atoms with Crippen LogP contribution in [0.15, 0.2) is 30.3 Å². The molecule has 1 aliphatic heterocycles. The molecule has 1 aromatic rings.